The number of carboxylic acid groups (broad SMARTS) is 1. The molecule has 5 atom stereocenters. The lowest BCUT2D eigenvalue weighted by Crippen LogP contribution is -2.59. The lowest BCUT2D eigenvalue weighted by atomic mass is 9.53. The van der Waals surface area contributed by atoms with Crippen LogP contribution in [0.5, 0.6) is 0 Å². The van der Waals surface area contributed by atoms with Gasteiger partial charge in [-0.15, -0.1) is 0 Å². The van der Waals surface area contributed by atoms with Crippen LogP contribution in [-0.2, 0) is 9.53 Å². The van der Waals surface area contributed by atoms with Crippen molar-refractivity contribution in [3.63, 3.8) is 0 Å². The van der Waals surface area contributed by atoms with Crippen molar-refractivity contribution in [1.29, 1.82) is 0 Å². The van der Waals surface area contributed by atoms with E-state index in [0.717, 1.165) is 24.8 Å². The number of hydrogen-bond acceptors (Lipinski definition) is 4. The molecule has 5 unspecified atom stereocenters. The smallest absolute Gasteiger partial charge is 0.303 e. The molecule has 0 spiro atoms. The number of aliphatic carboxylic acids is 1. The number of aliphatic hydroxyl groups excluding tert-OH is 2. The molecule has 0 heterocycles. The van der Waals surface area contributed by atoms with E-state index in [4.69, 9.17) is 9.84 Å². The van der Waals surface area contributed by atoms with Crippen molar-refractivity contribution < 1.29 is 24.9 Å². The normalized spacial score (nSPS) is 35.4. The molecule has 156 valence electrons. The van der Waals surface area contributed by atoms with Gasteiger partial charge < -0.3 is 20.1 Å². The third-order valence-corrected chi connectivity index (χ3v) is 7.05. The van der Waals surface area contributed by atoms with Gasteiger partial charge >= 0.3 is 5.97 Å². The second kappa shape index (κ2) is 9.43. The van der Waals surface area contributed by atoms with Crippen LogP contribution in [-0.4, -0.2) is 46.2 Å². The van der Waals surface area contributed by atoms with E-state index in [9.17, 15) is 15.0 Å². The Morgan fingerprint density at radius 2 is 2.07 bits per heavy atom. The Kier molecular flexibility index (Phi) is 7.20. The Hall–Kier alpha value is -1.35. The van der Waals surface area contributed by atoms with E-state index in [-0.39, 0.29) is 18.3 Å². The minimum absolute atomic E-state index is 0.103. The number of carbonyl (C=O) groups is 1. The van der Waals surface area contributed by atoms with Crippen LogP contribution in [0.25, 0.3) is 0 Å². The van der Waals surface area contributed by atoms with Gasteiger partial charge in [0, 0.05) is 19.4 Å². The number of ether oxygens (including phenoxy) is 1. The summed E-state index contributed by atoms with van der Waals surface area (Å²) < 4.78 is 5.90. The van der Waals surface area contributed by atoms with E-state index in [2.05, 4.69) is 11.8 Å². The van der Waals surface area contributed by atoms with Crippen LogP contribution in [0.2, 0.25) is 0 Å². The minimum atomic E-state index is -0.797. The third-order valence-electron chi connectivity index (χ3n) is 7.05. The van der Waals surface area contributed by atoms with E-state index in [1.807, 2.05) is 6.08 Å². The Labute approximate surface area is 168 Å². The maximum atomic E-state index is 10.8. The van der Waals surface area contributed by atoms with Crippen LogP contribution in [0, 0.1) is 29.6 Å². The van der Waals surface area contributed by atoms with Gasteiger partial charge in [0.05, 0.1) is 17.6 Å². The zero-order valence-electron chi connectivity index (χ0n) is 16.9. The summed E-state index contributed by atoms with van der Waals surface area (Å²) in [6, 6.07) is 0. The zero-order chi connectivity index (χ0) is 20.1. The molecule has 3 fully saturated rings. The predicted molar refractivity (Wildman–Crippen MR) is 107 cm³/mol. The van der Waals surface area contributed by atoms with Gasteiger partial charge in [-0.05, 0) is 43.6 Å². The molecule has 3 aliphatic rings. The summed E-state index contributed by atoms with van der Waals surface area (Å²) in [5.41, 5.74) is 0.716. The number of hydrogen-bond donors (Lipinski definition) is 3. The SMILES string of the molecule is COC12CCC(O)C(C#CC(O)CC3CCCCC3)C1CC2=CCCC(=O)O. The van der Waals surface area contributed by atoms with Gasteiger partial charge in [-0.2, -0.15) is 0 Å². The molecule has 0 saturated heterocycles. The van der Waals surface area contributed by atoms with Crippen LogP contribution >= 0.6 is 0 Å². The Balaban J connectivity index is 1.64. The molecule has 3 N–H and O–H groups in total. The van der Waals surface area contributed by atoms with Crippen molar-refractivity contribution in [2.75, 3.05) is 7.11 Å². The van der Waals surface area contributed by atoms with Crippen molar-refractivity contribution in [2.24, 2.45) is 17.8 Å². The monoisotopic (exact) mass is 390 g/mol. The van der Waals surface area contributed by atoms with Gasteiger partial charge in [-0.25, -0.2) is 0 Å². The Bertz CT molecular complexity index is 639. The first-order valence-electron chi connectivity index (χ1n) is 10.8. The van der Waals surface area contributed by atoms with Gasteiger partial charge in [-0.3, -0.25) is 4.79 Å². The van der Waals surface area contributed by atoms with E-state index < -0.39 is 23.8 Å². The minimum Gasteiger partial charge on any atom is -0.481 e. The van der Waals surface area contributed by atoms with Crippen molar-refractivity contribution >= 4 is 5.97 Å². The lowest BCUT2D eigenvalue weighted by molar-refractivity contribution is -0.139. The topological polar surface area (TPSA) is 87.0 Å². The van der Waals surface area contributed by atoms with Gasteiger partial charge in [0.1, 0.15) is 6.10 Å². The molecule has 3 rings (SSSR count). The van der Waals surface area contributed by atoms with E-state index in [1.54, 1.807) is 7.11 Å². The second-order valence-electron chi connectivity index (χ2n) is 8.74. The van der Waals surface area contributed by atoms with Gasteiger partial charge in [0.15, 0.2) is 0 Å². The van der Waals surface area contributed by atoms with Crippen LogP contribution in [0.3, 0.4) is 0 Å². The van der Waals surface area contributed by atoms with Crippen LogP contribution in [0.4, 0.5) is 0 Å². The largest absolute Gasteiger partial charge is 0.481 e. The molecular weight excluding hydrogens is 356 g/mol. The second-order valence-corrected chi connectivity index (χ2v) is 8.74. The van der Waals surface area contributed by atoms with Crippen LogP contribution in [0.15, 0.2) is 11.6 Å². The molecule has 0 amide bonds. The number of allylic oxidation sites excluding steroid dienone is 1. The summed E-state index contributed by atoms with van der Waals surface area (Å²) in [6.07, 6.45) is 10.5. The standard InChI is InChI=1S/C23H34O5/c1-28-23-13-12-21(25)19(20(23)15-17(23)8-5-9-22(26)27)11-10-18(24)14-16-6-3-2-4-7-16/h8,16,18-21,24-25H,2-7,9,12-15H2,1H3,(H,26,27). The molecule has 3 aliphatic carbocycles. The average molecular weight is 391 g/mol. The highest BCUT2D eigenvalue weighted by Gasteiger charge is 2.58. The summed E-state index contributed by atoms with van der Waals surface area (Å²) >= 11 is 0. The fraction of sp³-hybridized carbons (Fsp3) is 0.783. The first-order chi connectivity index (χ1) is 13.5. The van der Waals surface area contributed by atoms with Gasteiger partial charge in [0.25, 0.3) is 0 Å². The number of fused-ring (bicyclic) bond motifs is 1. The van der Waals surface area contributed by atoms with Crippen molar-refractivity contribution in [1.82, 2.24) is 0 Å². The Morgan fingerprint density at radius 3 is 2.75 bits per heavy atom. The number of carboxylic acids is 1. The highest BCUT2D eigenvalue weighted by atomic mass is 16.5. The number of rotatable bonds is 6. The van der Waals surface area contributed by atoms with E-state index >= 15 is 0 Å². The fourth-order valence-electron chi connectivity index (χ4n) is 5.45. The molecule has 0 aromatic heterocycles. The van der Waals surface area contributed by atoms with Gasteiger partial charge in [0.2, 0.25) is 0 Å². The molecular formula is C23H34O5. The summed E-state index contributed by atoms with van der Waals surface area (Å²) in [4.78, 5) is 10.8. The van der Waals surface area contributed by atoms with Crippen LogP contribution < -0.4 is 0 Å². The summed E-state index contributed by atoms with van der Waals surface area (Å²) in [7, 11) is 1.69. The molecule has 0 radical (unpaired) electrons. The fourth-order valence-corrected chi connectivity index (χ4v) is 5.45. The molecule has 3 saturated carbocycles. The number of aliphatic hydroxyl groups is 2. The highest BCUT2D eigenvalue weighted by Crippen LogP contribution is 2.56. The molecule has 0 aromatic rings. The van der Waals surface area contributed by atoms with Gasteiger partial charge in [-0.1, -0.05) is 50.0 Å². The molecule has 0 aliphatic heterocycles. The first-order valence-corrected chi connectivity index (χ1v) is 10.8. The maximum absolute atomic E-state index is 10.8. The quantitative estimate of drug-likeness (QED) is 0.479. The Morgan fingerprint density at radius 1 is 1.32 bits per heavy atom. The summed E-state index contributed by atoms with van der Waals surface area (Å²) in [5.74, 6) is 5.89. The predicted octanol–water partition coefficient (Wildman–Crippen LogP) is 3.29. The molecule has 0 aromatic carbocycles. The number of methoxy groups -OCH3 is 1. The van der Waals surface area contributed by atoms with Crippen molar-refractivity contribution in [2.45, 2.75) is 88.4 Å². The molecule has 28 heavy (non-hydrogen) atoms. The zero-order valence-corrected chi connectivity index (χ0v) is 16.9. The highest BCUT2D eigenvalue weighted by molar-refractivity contribution is 5.66. The van der Waals surface area contributed by atoms with E-state index in [0.29, 0.717) is 18.8 Å². The maximum Gasteiger partial charge on any atom is 0.303 e. The molecule has 5 heteroatoms. The molecule has 5 nitrogen and oxygen atoms in total. The van der Waals surface area contributed by atoms with Crippen molar-refractivity contribution in [3.05, 3.63) is 11.6 Å². The summed E-state index contributed by atoms with van der Waals surface area (Å²) in [5, 5.41) is 29.8. The lowest BCUT2D eigenvalue weighted by Gasteiger charge is -2.57. The third kappa shape index (κ3) is 4.62. The molecule has 0 bridgehead atoms. The first kappa shape index (κ1) is 21.4. The van der Waals surface area contributed by atoms with Crippen LogP contribution in [0.1, 0.15) is 70.6 Å². The van der Waals surface area contributed by atoms with E-state index in [1.165, 1.54) is 32.1 Å². The summed E-state index contributed by atoms with van der Waals surface area (Å²) in [6.45, 7) is 0. The van der Waals surface area contributed by atoms with Crippen molar-refractivity contribution in [3.8, 4) is 11.8 Å². The average Bonchev–Trinajstić information content (AvgIpc) is 2.66.